The highest BCUT2D eigenvalue weighted by Crippen LogP contribution is 2.25. The molecule has 0 unspecified atom stereocenters. The minimum atomic E-state index is -0.493. The summed E-state index contributed by atoms with van der Waals surface area (Å²) >= 11 is 0. The maximum atomic E-state index is 11.9. The van der Waals surface area contributed by atoms with Crippen molar-refractivity contribution in [3.8, 4) is 0 Å². The Bertz CT molecular complexity index is 628. The van der Waals surface area contributed by atoms with Gasteiger partial charge < -0.3 is 5.32 Å². The Morgan fingerprint density at radius 1 is 1.37 bits per heavy atom. The van der Waals surface area contributed by atoms with Gasteiger partial charge in [0.25, 0.3) is 11.6 Å². The van der Waals surface area contributed by atoms with Crippen LogP contribution in [0.15, 0.2) is 36.8 Å². The van der Waals surface area contributed by atoms with E-state index < -0.39 is 10.8 Å². The van der Waals surface area contributed by atoms with Gasteiger partial charge >= 0.3 is 0 Å². The lowest BCUT2D eigenvalue weighted by Gasteiger charge is -2.07. The Morgan fingerprint density at radius 3 is 2.79 bits per heavy atom. The summed E-state index contributed by atoms with van der Waals surface area (Å²) in [4.78, 5) is 29.8. The average Bonchev–Trinajstić information content (AvgIpc) is 2.41. The number of hydrogen-bond acceptors (Lipinski definition) is 5. The van der Waals surface area contributed by atoms with E-state index in [0.717, 1.165) is 0 Å². The molecule has 0 aliphatic heterocycles. The summed E-state index contributed by atoms with van der Waals surface area (Å²) in [5.74, 6) is -0.461. The number of nitrogens with zero attached hydrogens (tertiary/aromatic N) is 3. The van der Waals surface area contributed by atoms with E-state index in [9.17, 15) is 14.9 Å². The predicted octanol–water partition coefficient (Wildman–Crippen LogP) is 1.95. The largest absolute Gasteiger partial charge is 0.320 e. The van der Waals surface area contributed by atoms with Crippen LogP contribution in [0.1, 0.15) is 16.1 Å². The summed E-state index contributed by atoms with van der Waals surface area (Å²) in [6.45, 7) is 1.57. The third-order valence-electron chi connectivity index (χ3n) is 2.55. The number of amides is 1. The Balaban J connectivity index is 2.27. The van der Waals surface area contributed by atoms with Crippen molar-refractivity contribution in [3.05, 3.63) is 58.2 Å². The molecule has 0 spiro atoms. The molecule has 7 nitrogen and oxygen atoms in total. The highest BCUT2D eigenvalue weighted by atomic mass is 16.6. The van der Waals surface area contributed by atoms with E-state index in [-0.39, 0.29) is 11.4 Å². The third-order valence-corrected chi connectivity index (χ3v) is 2.55. The second kappa shape index (κ2) is 5.21. The van der Waals surface area contributed by atoms with Crippen LogP contribution in [-0.4, -0.2) is 20.8 Å². The molecule has 0 bridgehead atoms. The number of carbonyl (C=O) groups excluding carboxylic acids is 1. The minimum Gasteiger partial charge on any atom is -0.320 e. The van der Waals surface area contributed by atoms with Gasteiger partial charge in [0, 0.05) is 18.5 Å². The highest BCUT2D eigenvalue weighted by Gasteiger charge is 2.15. The van der Waals surface area contributed by atoms with Gasteiger partial charge in [-0.1, -0.05) is 6.07 Å². The van der Waals surface area contributed by atoms with Crippen molar-refractivity contribution in [2.45, 2.75) is 6.92 Å². The van der Waals surface area contributed by atoms with Crippen molar-refractivity contribution in [3.63, 3.8) is 0 Å². The highest BCUT2D eigenvalue weighted by molar-refractivity contribution is 6.03. The summed E-state index contributed by atoms with van der Waals surface area (Å²) in [5.41, 5.74) is 0.875. The summed E-state index contributed by atoms with van der Waals surface area (Å²) in [6.07, 6.45) is 4.17. The lowest BCUT2D eigenvalue weighted by molar-refractivity contribution is -0.385. The van der Waals surface area contributed by atoms with E-state index in [0.29, 0.717) is 11.3 Å². The van der Waals surface area contributed by atoms with Crippen LogP contribution in [0, 0.1) is 17.0 Å². The van der Waals surface area contributed by atoms with Crippen LogP contribution in [0.2, 0.25) is 0 Å². The molecule has 7 heteroatoms. The van der Waals surface area contributed by atoms with E-state index in [1.165, 1.54) is 30.7 Å². The Hall–Kier alpha value is -2.83. The molecule has 0 saturated carbocycles. The van der Waals surface area contributed by atoms with Crippen LogP contribution < -0.4 is 5.32 Å². The normalized spacial score (nSPS) is 9.95. The molecule has 96 valence electrons. The molecule has 2 rings (SSSR count). The Labute approximate surface area is 108 Å². The second-order valence-corrected chi connectivity index (χ2v) is 3.75. The van der Waals surface area contributed by atoms with E-state index in [1.54, 1.807) is 13.0 Å². The molecule has 1 amide bonds. The minimum absolute atomic E-state index is 0.0445. The number of nitro groups is 1. The first-order valence-electron chi connectivity index (χ1n) is 5.41. The molecule has 1 aromatic carbocycles. The van der Waals surface area contributed by atoms with Gasteiger partial charge in [0.15, 0.2) is 0 Å². The molecule has 0 aliphatic rings. The number of benzene rings is 1. The maximum absolute atomic E-state index is 11.9. The zero-order valence-corrected chi connectivity index (χ0v) is 10.0. The molecule has 19 heavy (non-hydrogen) atoms. The fourth-order valence-electron chi connectivity index (χ4n) is 1.56. The number of rotatable bonds is 3. The monoisotopic (exact) mass is 258 g/mol. The first kappa shape index (κ1) is 12.6. The summed E-state index contributed by atoms with van der Waals surface area (Å²) < 4.78 is 0. The lowest BCUT2D eigenvalue weighted by atomic mass is 10.1. The first-order valence-corrected chi connectivity index (χ1v) is 5.41. The first-order chi connectivity index (χ1) is 9.09. The number of carbonyl (C=O) groups is 1. The van der Waals surface area contributed by atoms with Crippen LogP contribution >= 0.6 is 0 Å². The van der Waals surface area contributed by atoms with Gasteiger partial charge in [0.2, 0.25) is 0 Å². The van der Waals surface area contributed by atoms with Gasteiger partial charge in [0.1, 0.15) is 5.69 Å². The molecule has 0 aliphatic carbocycles. The number of aromatic nitrogens is 2. The molecule has 1 aromatic heterocycles. The van der Waals surface area contributed by atoms with Crippen LogP contribution in [-0.2, 0) is 0 Å². The summed E-state index contributed by atoms with van der Waals surface area (Å²) in [7, 11) is 0. The second-order valence-electron chi connectivity index (χ2n) is 3.75. The maximum Gasteiger partial charge on any atom is 0.275 e. The zero-order chi connectivity index (χ0) is 13.8. The van der Waals surface area contributed by atoms with Crippen molar-refractivity contribution in [1.82, 2.24) is 9.97 Å². The molecule has 2 aromatic rings. The van der Waals surface area contributed by atoms with Crippen LogP contribution in [0.5, 0.6) is 0 Å². The van der Waals surface area contributed by atoms with Crippen molar-refractivity contribution < 1.29 is 9.72 Å². The van der Waals surface area contributed by atoms with Crippen molar-refractivity contribution in [2.75, 3.05) is 5.32 Å². The van der Waals surface area contributed by atoms with Crippen molar-refractivity contribution in [2.24, 2.45) is 0 Å². The molecular formula is C12H10N4O3. The SMILES string of the molecule is Cc1c(NC(=O)c2cnccn2)cccc1[N+](=O)[O-]. The molecule has 0 fully saturated rings. The van der Waals surface area contributed by atoms with E-state index in [4.69, 9.17) is 0 Å². The molecular weight excluding hydrogens is 248 g/mol. The van der Waals surface area contributed by atoms with Crippen molar-refractivity contribution in [1.29, 1.82) is 0 Å². The number of hydrogen-bond donors (Lipinski definition) is 1. The molecule has 1 heterocycles. The van der Waals surface area contributed by atoms with Gasteiger partial charge in [-0.3, -0.25) is 19.9 Å². The van der Waals surface area contributed by atoms with Crippen LogP contribution in [0.25, 0.3) is 0 Å². The van der Waals surface area contributed by atoms with E-state index in [1.807, 2.05) is 0 Å². The Kier molecular flexibility index (Phi) is 3.46. The Morgan fingerprint density at radius 2 is 2.16 bits per heavy atom. The van der Waals surface area contributed by atoms with E-state index >= 15 is 0 Å². The topological polar surface area (TPSA) is 98.0 Å². The van der Waals surface area contributed by atoms with Crippen LogP contribution in [0.3, 0.4) is 0 Å². The molecule has 0 radical (unpaired) electrons. The fourth-order valence-corrected chi connectivity index (χ4v) is 1.56. The van der Waals surface area contributed by atoms with Crippen molar-refractivity contribution >= 4 is 17.3 Å². The van der Waals surface area contributed by atoms with Gasteiger partial charge in [-0.05, 0) is 13.0 Å². The quantitative estimate of drug-likeness (QED) is 0.670. The lowest BCUT2D eigenvalue weighted by Crippen LogP contribution is -2.14. The number of nitrogens with one attached hydrogen (secondary N) is 1. The van der Waals surface area contributed by atoms with Gasteiger partial charge in [-0.2, -0.15) is 0 Å². The standard InChI is InChI=1S/C12H10N4O3/c1-8-9(3-2-4-11(8)16(18)19)15-12(17)10-7-13-5-6-14-10/h2-7H,1H3,(H,15,17). The third kappa shape index (κ3) is 2.71. The molecule has 0 atom stereocenters. The fraction of sp³-hybridized carbons (Fsp3) is 0.0833. The summed E-state index contributed by atoms with van der Waals surface area (Å²) in [5, 5.41) is 13.4. The molecule has 0 saturated heterocycles. The zero-order valence-electron chi connectivity index (χ0n) is 10.0. The average molecular weight is 258 g/mol. The number of nitro benzene ring substituents is 1. The van der Waals surface area contributed by atoms with Crippen LogP contribution in [0.4, 0.5) is 11.4 Å². The smallest absolute Gasteiger partial charge is 0.275 e. The van der Waals surface area contributed by atoms with Gasteiger partial charge in [-0.15, -0.1) is 0 Å². The molecule has 1 N–H and O–H groups in total. The summed E-state index contributed by atoms with van der Waals surface area (Å²) in [6, 6.07) is 4.49. The van der Waals surface area contributed by atoms with Gasteiger partial charge in [0.05, 0.1) is 22.4 Å². The number of anilines is 1. The predicted molar refractivity (Wildman–Crippen MR) is 67.8 cm³/mol. The van der Waals surface area contributed by atoms with Gasteiger partial charge in [-0.25, -0.2) is 4.98 Å². The van der Waals surface area contributed by atoms with E-state index in [2.05, 4.69) is 15.3 Å².